The molecule has 1 aliphatic rings. The highest BCUT2D eigenvalue weighted by Crippen LogP contribution is 2.39. The van der Waals surface area contributed by atoms with Crippen molar-refractivity contribution in [2.24, 2.45) is 4.99 Å². The fourth-order valence-corrected chi connectivity index (χ4v) is 7.16. The number of fused-ring (bicyclic) bond motifs is 6. The summed E-state index contributed by atoms with van der Waals surface area (Å²) in [5.74, 6) is 0.910. The van der Waals surface area contributed by atoms with Crippen molar-refractivity contribution < 1.29 is 0 Å². The number of imidazole rings is 1. The van der Waals surface area contributed by atoms with E-state index in [2.05, 4.69) is 119 Å². The summed E-state index contributed by atoms with van der Waals surface area (Å²) in [7, 11) is 0. The molecule has 5 nitrogen and oxygen atoms in total. The Morgan fingerprint density at radius 1 is 0.642 bits per heavy atom. The molecule has 0 fully saturated rings. The van der Waals surface area contributed by atoms with Crippen molar-refractivity contribution in [1.82, 2.24) is 14.9 Å². The number of aliphatic imine (C=N–C) groups is 1. The van der Waals surface area contributed by atoms with Crippen LogP contribution in [0.4, 0.5) is 0 Å². The van der Waals surface area contributed by atoms with E-state index in [1.807, 2.05) is 79.2 Å². The van der Waals surface area contributed by atoms with Gasteiger partial charge in [0.1, 0.15) is 5.82 Å². The van der Waals surface area contributed by atoms with Gasteiger partial charge in [0.25, 0.3) is 0 Å². The van der Waals surface area contributed by atoms with Crippen molar-refractivity contribution in [3.05, 3.63) is 204 Å². The summed E-state index contributed by atoms with van der Waals surface area (Å²) in [6.07, 6.45) is 7.92. The zero-order valence-electron chi connectivity index (χ0n) is 28.9. The smallest absolute Gasteiger partial charge is 0.145 e. The van der Waals surface area contributed by atoms with Crippen LogP contribution >= 0.6 is 0 Å². The van der Waals surface area contributed by atoms with Gasteiger partial charge in [-0.3, -0.25) is 9.56 Å². The molecule has 0 unspecified atom stereocenters. The van der Waals surface area contributed by atoms with Gasteiger partial charge in [-0.1, -0.05) is 152 Å². The highest BCUT2D eigenvalue weighted by Gasteiger charge is 2.23. The number of rotatable bonds is 8. The molecule has 0 saturated heterocycles. The van der Waals surface area contributed by atoms with Crippen molar-refractivity contribution in [1.29, 1.82) is 5.41 Å². The Hall–Kier alpha value is -7.11. The molecule has 5 heteroatoms. The molecule has 0 amide bonds. The number of aromatic nitrogens is 2. The van der Waals surface area contributed by atoms with E-state index in [9.17, 15) is 0 Å². The molecule has 1 aliphatic heterocycles. The van der Waals surface area contributed by atoms with Gasteiger partial charge in [-0.05, 0) is 63.7 Å². The number of benzene rings is 7. The van der Waals surface area contributed by atoms with Crippen LogP contribution in [0.3, 0.4) is 0 Å². The van der Waals surface area contributed by atoms with E-state index in [4.69, 9.17) is 15.4 Å². The average Bonchev–Trinajstić information content (AvgIpc) is 3.65. The largest absolute Gasteiger partial charge is 0.387 e. The monoisotopic (exact) mass is 681 g/mol. The Morgan fingerprint density at radius 2 is 1.25 bits per heavy atom. The van der Waals surface area contributed by atoms with Crippen LogP contribution in [0.5, 0.6) is 0 Å². The Labute approximate surface area is 308 Å². The summed E-state index contributed by atoms with van der Waals surface area (Å²) in [6, 6.07) is 56.0. The van der Waals surface area contributed by atoms with E-state index < -0.39 is 0 Å². The summed E-state index contributed by atoms with van der Waals surface area (Å²) in [5, 5.41) is 14.6. The molecule has 2 N–H and O–H groups in total. The van der Waals surface area contributed by atoms with E-state index in [0.717, 1.165) is 73.6 Å². The molecule has 0 saturated carbocycles. The molecule has 9 rings (SSSR count). The summed E-state index contributed by atoms with van der Waals surface area (Å²) in [4.78, 5) is 10.2. The second-order valence-corrected chi connectivity index (χ2v) is 13.1. The summed E-state index contributed by atoms with van der Waals surface area (Å²) >= 11 is 0. The van der Waals surface area contributed by atoms with Crippen molar-refractivity contribution in [3.8, 4) is 28.2 Å². The van der Waals surface area contributed by atoms with Crippen molar-refractivity contribution in [3.63, 3.8) is 0 Å². The third-order valence-corrected chi connectivity index (χ3v) is 9.80. The molecule has 7 aromatic carbocycles. The van der Waals surface area contributed by atoms with Crippen molar-refractivity contribution in [2.45, 2.75) is 6.54 Å². The minimum Gasteiger partial charge on any atom is -0.387 e. The minimum atomic E-state index is 0.410. The zero-order chi connectivity index (χ0) is 35.6. The molecule has 0 atom stereocenters. The van der Waals surface area contributed by atoms with E-state index in [-0.39, 0.29) is 0 Å². The minimum absolute atomic E-state index is 0.410. The molecule has 2 heterocycles. The second-order valence-electron chi connectivity index (χ2n) is 13.1. The van der Waals surface area contributed by atoms with Crippen molar-refractivity contribution >= 4 is 45.5 Å². The van der Waals surface area contributed by atoms with Crippen LogP contribution in [0, 0.1) is 5.41 Å². The zero-order valence-corrected chi connectivity index (χ0v) is 28.9. The Balaban J connectivity index is 1.09. The highest BCUT2D eigenvalue weighted by molar-refractivity contribution is 6.12. The first-order chi connectivity index (χ1) is 26.2. The number of nitrogens with one attached hydrogen (secondary N) is 2. The molecule has 8 aromatic rings. The molecule has 1 aromatic heterocycles. The number of para-hydroxylation sites is 1. The van der Waals surface area contributed by atoms with Gasteiger partial charge in [-0.25, -0.2) is 4.98 Å². The average molecular weight is 682 g/mol. The van der Waals surface area contributed by atoms with Gasteiger partial charge in [0, 0.05) is 40.5 Å². The summed E-state index contributed by atoms with van der Waals surface area (Å²) < 4.78 is 2.32. The fraction of sp³-hybridized carbons (Fsp3) is 0.0208. The topological polar surface area (TPSA) is 66.1 Å². The molecular weight excluding hydrogens is 647 g/mol. The third kappa shape index (κ3) is 6.15. The third-order valence-electron chi connectivity index (χ3n) is 9.80. The quantitative estimate of drug-likeness (QED) is 0.157. The Kier molecular flexibility index (Phi) is 8.35. The maximum atomic E-state index is 8.79. The van der Waals surface area contributed by atoms with Gasteiger partial charge in [0.15, 0.2) is 0 Å². The highest BCUT2D eigenvalue weighted by atomic mass is 15.1. The number of allylic oxidation sites excluding steroid dienone is 1. The van der Waals surface area contributed by atoms with Gasteiger partial charge in [0.05, 0.1) is 22.4 Å². The fourth-order valence-electron chi connectivity index (χ4n) is 7.16. The molecule has 53 heavy (non-hydrogen) atoms. The maximum absolute atomic E-state index is 8.79. The lowest BCUT2D eigenvalue weighted by Crippen LogP contribution is -2.12. The van der Waals surface area contributed by atoms with Crippen LogP contribution in [0.1, 0.15) is 27.8 Å². The molecule has 0 spiro atoms. The normalized spacial score (nSPS) is 12.6. The number of hydrogen-bond donors (Lipinski definition) is 2. The van der Waals surface area contributed by atoms with Crippen LogP contribution in [0.2, 0.25) is 0 Å². The lowest BCUT2D eigenvalue weighted by Gasteiger charge is -2.19. The molecule has 0 bridgehead atoms. The van der Waals surface area contributed by atoms with Gasteiger partial charge in [-0.2, -0.15) is 0 Å². The molecule has 252 valence electrons. The van der Waals surface area contributed by atoms with E-state index in [1.54, 1.807) is 0 Å². The molecular formula is C48H35N5. The SMILES string of the molecule is N=C(/C=C(\N=Cc1ccccc1)c1ccc(-c2ccc(-c3nc4c5ccccc5c5c(c4n3-c3ccccc3)CNC=C5)cc2)cc1)c1ccccc1. The molecule has 0 aliphatic carbocycles. The number of hydrogen-bond acceptors (Lipinski definition) is 4. The van der Waals surface area contributed by atoms with Crippen molar-refractivity contribution in [2.75, 3.05) is 0 Å². The maximum Gasteiger partial charge on any atom is 0.145 e. The van der Waals surface area contributed by atoms with Crippen LogP contribution in [-0.4, -0.2) is 21.5 Å². The predicted octanol–water partition coefficient (Wildman–Crippen LogP) is 11.1. The summed E-state index contributed by atoms with van der Waals surface area (Å²) in [6.45, 7) is 0.738. The second kappa shape index (κ2) is 13.9. The van der Waals surface area contributed by atoms with E-state index >= 15 is 0 Å². The first-order valence-corrected chi connectivity index (χ1v) is 17.8. The lowest BCUT2D eigenvalue weighted by atomic mass is 9.95. The Morgan fingerprint density at radius 3 is 1.96 bits per heavy atom. The van der Waals surface area contributed by atoms with E-state index in [0.29, 0.717) is 5.71 Å². The standard InChI is InChI=1S/C48H35N5/c49-44(36-14-6-2-7-15-36)30-45(51-31-33-12-4-1-5-13-33)37-24-20-34(21-25-37)35-22-26-38(27-23-35)48-52-46-42-19-11-10-18-40(42)41-28-29-50-32-43(41)47(46)53(48)39-16-8-3-9-17-39/h1-31,49-50H,32H2/b45-30-,49-44?,51-31?. The van der Waals surface area contributed by atoms with Gasteiger partial charge in [-0.15, -0.1) is 0 Å². The van der Waals surface area contributed by atoms with Gasteiger partial charge < -0.3 is 10.7 Å². The van der Waals surface area contributed by atoms with Crippen LogP contribution in [0.15, 0.2) is 181 Å². The first-order valence-electron chi connectivity index (χ1n) is 17.8. The Bertz CT molecular complexity index is 2690. The first kappa shape index (κ1) is 31.8. The van der Waals surface area contributed by atoms with Crippen LogP contribution in [0.25, 0.3) is 61.8 Å². The van der Waals surface area contributed by atoms with Crippen LogP contribution in [-0.2, 0) is 6.54 Å². The number of nitrogens with zero attached hydrogens (tertiary/aromatic N) is 3. The van der Waals surface area contributed by atoms with Gasteiger partial charge in [0.2, 0.25) is 0 Å². The summed E-state index contributed by atoms with van der Waals surface area (Å²) in [5.41, 5.74) is 12.9. The molecule has 0 radical (unpaired) electrons. The van der Waals surface area contributed by atoms with Gasteiger partial charge >= 0.3 is 0 Å². The van der Waals surface area contributed by atoms with E-state index in [1.165, 1.54) is 16.5 Å². The predicted molar refractivity (Wildman–Crippen MR) is 221 cm³/mol. The lowest BCUT2D eigenvalue weighted by molar-refractivity contribution is 0.862. The van der Waals surface area contributed by atoms with Crippen LogP contribution < -0.4 is 5.32 Å².